The number of carbonyl (C=O) groups excluding carboxylic acids is 4. The van der Waals surface area contributed by atoms with E-state index < -0.39 is 11.9 Å². The van der Waals surface area contributed by atoms with Crippen LogP contribution in [-0.2, 0) is 20.5 Å². The number of carbonyl (C=O) groups is 4. The molecule has 7 heteroatoms. The number of rotatable bonds is 12. The molecule has 0 aliphatic carbocycles. The highest BCUT2D eigenvalue weighted by atomic mass is 32.2. The van der Waals surface area contributed by atoms with Crippen molar-refractivity contribution in [1.29, 1.82) is 0 Å². The molecule has 0 bridgehead atoms. The fourth-order valence-electron chi connectivity index (χ4n) is 2.90. The van der Waals surface area contributed by atoms with E-state index in [1.165, 1.54) is 0 Å². The van der Waals surface area contributed by atoms with E-state index in [0.717, 1.165) is 0 Å². The van der Waals surface area contributed by atoms with Crippen LogP contribution in [-0.4, -0.2) is 53.7 Å². The van der Waals surface area contributed by atoms with Crippen LogP contribution < -0.4 is 10.6 Å². The molecular formula is C24H29N2O4S+. The summed E-state index contributed by atoms with van der Waals surface area (Å²) in [5.41, 5.74) is 1.20. The van der Waals surface area contributed by atoms with Crippen LogP contribution in [0.4, 0.5) is 0 Å². The third-order valence-electron chi connectivity index (χ3n) is 4.72. The summed E-state index contributed by atoms with van der Waals surface area (Å²) in [6.45, 7) is 1.58. The first kappa shape index (κ1) is 24.3. The summed E-state index contributed by atoms with van der Waals surface area (Å²) < 4.78 is 0. The molecule has 0 spiro atoms. The van der Waals surface area contributed by atoms with Crippen molar-refractivity contribution in [3.8, 4) is 0 Å². The van der Waals surface area contributed by atoms with Crippen molar-refractivity contribution in [2.75, 3.05) is 24.3 Å². The van der Waals surface area contributed by atoms with Gasteiger partial charge in [-0.25, -0.2) is 0 Å². The first-order valence-corrected chi connectivity index (χ1v) is 12.2. The number of benzene rings is 2. The Kier molecular flexibility index (Phi) is 9.97. The van der Waals surface area contributed by atoms with E-state index in [-0.39, 0.29) is 41.3 Å². The van der Waals surface area contributed by atoms with Crippen LogP contribution in [0.25, 0.3) is 0 Å². The summed E-state index contributed by atoms with van der Waals surface area (Å²) in [4.78, 5) is 49.2. The predicted octanol–water partition coefficient (Wildman–Crippen LogP) is 2.40. The predicted molar refractivity (Wildman–Crippen MR) is 124 cm³/mol. The van der Waals surface area contributed by atoms with Gasteiger partial charge in [0.15, 0.2) is 11.5 Å². The van der Waals surface area contributed by atoms with Gasteiger partial charge in [0.05, 0.1) is 12.8 Å². The second kappa shape index (κ2) is 12.7. The lowest BCUT2D eigenvalue weighted by Crippen LogP contribution is -2.48. The zero-order valence-corrected chi connectivity index (χ0v) is 18.7. The number of Topliss-reactive ketones (excluding diaryl/α,β-unsaturated/α-hetero) is 2. The number of hydrogen-bond donors (Lipinski definition) is 2. The number of ketones is 2. The Morgan fingerprint density at radius 3 is 1.97 bits per heavy atom. The smallest absolute Gasteiger partial charge is 0.243 e. The fraction of sp³-hybridized carbons (Fsp3) is 0.333. The average Bonchev–Trinajstić information content (AvgIpc) is 2.80. The van der Waals surface area contributed by atoms with Crippen molar-refractivity contribution in [3.63, 3.8) is 0 Å². The van der Waals surface area contributed by atoms with Crippen LogP contribution in [0.2, 0.25) is 0 Å². The van der Waals surface area contributed by atoms with Gasteiger partial charge in [0, 0.05) is 24.0 Å². The topological polar surface area (TPSA) is 92.3 Å². The molecule has 0 fully saturated rings. The van der Waals surface area contributed by atoms with Gasteiger partial charge in [0.1, 0.15) is 11.8 Å². The molecule has 2 atom stereocenters. The third kappa shape index (κ3) is 8.38. The largest absolute Gasteiger partial charge is 0.347 e. The second-order valence-corrected chi connectivity index (χ2v) is 9.45. The molecule has 0 saturated heterocycles. The molecule has 2 amide bonds. The first-order chi connectivity index (χ1) is 14.9. The molecule has 0 radical (unpaired) electrons. The van der Waals surface area contributed by atoms with Crippen molar-refractivity contribution in [1.82, 2.24) is 10.6 Å². The molecule has 164 valence electrons. The molecule has 2 rings (SSSR count). The molecule has 0 heterocycles. The van der Waals surface area contributed by atoms with Gasteiger partial charge in [-0.05, 0) is 10.9 Å². The number of nitrogens with one attached hydrogen (secondary N) is 2. The maximum absolute atomic E-state index is 12.6. The van der Waals surface area contributed by atoms with Crippen LogP contribution in [0.15, 0.2) is 60.7 Å². The summed E-state index contributed by atoms with van der Waals surface area (Å²) in [5.74, 6) is 0.264. The van der Waals surface area contributed by atoms with E-state index in [4.69, 9.17) is 0 Å². The second-order valence-electron chi connectivity index (χ2n) is 7.19. The highest BCUT2D eigenvalue weighted by Gasteiger charge is 2.25. The molecule has 2 aromatic rings. The van der Waals surface area contributed by atoms with Gasteiger partial charge < -0.3 is 10.6 Å². The minimum Gasteiger partial charge on any atom is -0.347 e. The Morgan fingerprint density at radius 1 is 0.871 bits per heavy atom. The van der Waals surface area contributed by atoms with Gasteiger partial charge in [0.2, 0.25) is 17.6 Å². The van der Waals surface area contributed by atoms with Crippen LogP contribution in [0.5, 0.6) is 0 Å². The molecule has 2 aromatic carbocycles. The number of amides is 2. The van der Waals surface area contributed by atoms with Crippen molar-refractivity contribution in [3.05, 3.63) is 71.8 Å². The van der Waals surface area contributed by atoms with Crippen LogP contribution in [0, 0.1) is 0 Å². The Balaban J connectivity index is 1.89. The maximum Gasteiger partial charge on any atom is 0.243 e. The molecule has 0 aliphatic heterocycles. The minimum atomic E-state index is -0.738. The number of hydrogen-bond acceptors (Lipinski definition) is 4. The molecule has 0 aliphatic rings. The maximum atomic E-state index is 12.6. The van der Waals surface area contributed by atoms with E-state index in [1.807, 2.05) is 30.5 Å². The molecule has 0 saturated carbocycles. The van der Waals surface area contributed by atoms with Gasteiger partial charge in [-0.2, -0.15) is 0 Å². The van der Waals surface area contributed by atoms with Gasteiger partial charge in [-0.3, -0.25) is 19.2 Å². The van der Waals surface area contributed by atoms with Crippen LogP contribution >= 0.6 is 0 Å². The van der Waals surface area contributed by atoms with E-state index in [2.05, 4.69) is 10.6 Å². The Labute approximate surface area is 186 Å². The molecule has 6 nitrogen and oxygen atoms in total. The molecule has 2 unspecified atom stereocenters. The lowest BCUT2D eigenvalue weighted by molar-refractivity contribution is -0.128. The zero-order valence-electron chi connectivity index (χ0n) is 17.9. The standard InChI is InChI=1S/C24H28N2O4S/c1-3-23(29)26-20(24(30)25-16-21(27)18-10-6-4-7-11-18)14-15-31(2)17-22(28)19-12-8-5-9-13-19/h4-13,20H,3,14-17H2,1-2H3,(H-,25,26,29,30)/p+1/i4+1,6+1,7+1,10+1,11+1,16+1,17+1,18+1,21+1,22+1. The zero-order chi connectivity index (χ0) is 22.6. The highest BCUT2D eigenvalue weighted by molar-refractivity contribution is 7.96. The van der Waals surface area contributed by atoms with Crippen LogP contribution in [0.1, 0.15) is 40.5 Å². The van der Waals surface area contributed by atoms with Crippen molar-refractivity contribution in [2.24, 2.45) is 0 Å². The third-order valence-corrected chi connectivity index (χ3v) is 6.41. The fourth-order valence-corrected chi connectivity index (χ4v) is 4.30. The van der Waals surface area contributed by atoms with Crippen molar-refractivity contribution in [2.45, 2.75) is 25.8 Å². The monoisotopic (exact) mass is 451 g/mol. The molecule has 2 N–H and O–H groups in total. The van der Waals surface area contributed by atoms with Crippen LogP contribution in [0.3, 0.4) is 0 Å². The van der Waals surface area contributed by atoms with E-state index in [9.17, 15) is 19.2 Å². The first-order valence-electron chi connectivity index (χ1n) is 10.2. The summed E-state index contributed by atoms with van der Waals surface area (Å²) in [7, 11) is -0.245. The Bertz CT molecular complexity index is 887. The Morgan fingerprint density at radius 2 is 1.42 bits per heavy atom. The summed E-state index contributed by atoms with van der Waals surface area (Å²) >= 11 is 0. The van der Waals surface area contributed by atoms with Crippen molar-refractivity contribution < 1.29 is 19.2 Å². The lowest BCUT2D eigenvalue weighted by atomic mass is 10.2. The SMILES string of the molecule is CCC(=O)NC(CC[S+](C)[13CH2][13C](=O)c1ccccc1)C(=O)N[13CH2][13C](=O)[13c]1[13cH][13cH][13cH][13cH][13cH]1. The average molecular weight is 451 g/mol. The van der Waals surface area contributed by atoms with Gasteiger partial charge in [0.25, 0.3) is 0 Å². The van der Waals surface area contributed by atoms with E-state index in [1.54, 1.807) is 43.3 Å². The summed E-state index contributed by atoms with van der Waals surface area (Å²) in [5, 5.41) is 5.36. The quantitative estimate of drug-likeness (QED) is 0.295. The summed E-state index contributed by atoms with van der Waals surface area (Å²) in [6.07, 6.45) is 2.65. The molecule has 31 heavy (non-hydrogen) atoms. The van der Waals surface area contributed by atoms with E-state index >= 15 is 0 Å². The molecule has 0 aromatic heterocycles. The molecular weight excluding hydrogens is 422 g/mol. The van der Waals surface area contributed by atoms with Crippen molar-refractivity contribution >= 4 is 34.3 Å². The van der Waals surface area contributed by atoms with Gasteiger partial charge in [-0.15, -0.1) is 0 Å². The van der Waals surface area contributed by atoms with Gasteiger partial charge in [-0.1, -0.05) is 67.6 Å². The van der Waals surface area contributed by atoms with E-state index in [0.29, 0.717) is 29.1 Å². The normalized spacial score (nSPS) is 12.5. The summed E-state index contributed by atoms with van der Waals surface area (Å²) in [6, 6.07) is 17.1. The van der Waals surface area contributed by atoms with Gasteiger partial charge >= 0.3 is 0 Å². The highest BCUT2D eigenvalue weighted by Crippen LogP contribution is 2.07. The lowest BCUT2D eigenvalue weighted by Gasteiger charge is -2.17. The Hall–Kier alpha value is -2.93. The minimum absolute atomic E-state index is 0.0680.